The molecule has 1 aliphatic carbocycles. The van der Waals surface area contributed by atoms with Crippen LogP contribution in [-0.4, -0.2) is 5.11 Å². The molecule has 64 valence electrons. The SMILES string of the molecule is Oc1cc2c3c(cccc3c1)CC2. The minimum absolute atomic E-state index is 0.390. The van der Waals surface area contributed by atoms with Gasteiger partial charge in [-0.2, -0.15) is 0 Å². The zero-order valence-corrected chi connectivity index (χ0v) is 7.25. The standard InChI is InChI=1S/C12H10O/c13-11-6-9-3-1-2-8-4-5-10(7-11)12(8)9/h1-3,6-7,13H,4-5H2. The highest BCUT2D eigenvalue weighted by Gasteiger charge is 2.14. The Morgan fingerprint density at radius 2 is 1.85 bits per heavy atom. The number of phenolic OH excluding ortho intramolecular Hbond substituents is 1. The molecule has 0 aromatic heterocycles. The van der Waals surface area contributed by atoms with Gasteiger partial charge in [0.1, 0.15) is 5.75 Å². The van der Waals surface area contributed by atoms with Crippen LogP contribution in [0.15, 0.2) is 30.3 Å². The lowest BCUT2D eigenvalue weighted by atomic mass is 10.1. The van der Waals surface area contributed by atoms with Crippen molar-refractivity contribution in [3.8, 4) is 5.75 Å². The van der Waals surface area contributed by atoms with E-state index < -0.39 is 0 Å². The molecule has 1 nitrogen and oxygen atoms in total. The molecule has 0 spiro atoms. The maximum Gasteiger partial charge on any atom is 0.116 e. The summed E-state index contributed by atoms with van der Waals surface area (Å²) >= 11 is 0. The molecule has 0 heterocycles. The average Bonchev–Trinajstić information content (AvgIpc) is 2.50. The summed E-state index contributed by atoms with van der Waals surface area (Å²) in [6.45, 7) is 0. The molecule has 2 aromatic carbocycles. The smallest absolute Gasteiger partial charge is 0.116 e. The van der Waals surface area contributed by atoms with Crippen LogP contribution < -0.4 is 0 Å². The third-order valence-corrected chi connectivity index (χ3v) is 2.79. The fourth-order valence-electron chi connectivity index (χ4n) is 2.26. The molecule has 1 N–H and O–H groups in total. The summed E-state index contributed by atoms with van der Waals surface area (Å²) in [4.78, 5) is 0. The van der Waals surface area contributed by atoms with Crippen LogP contribution in [0.2, 0.25) is 0 Å². The molecule has 0 amide bonds. The van der Waals surface area contributed by atoms with E-state index in [1.165, 1.54) is 21.9 Å². The summed E-state index contributed by atoms with van der Waals surface area (Å²) in [7, 11) is 0. The first kappa shape index (κ1) is 6.96. The highest BCUT2D eigenvalue weighted by Crippen LogP contribution is 2.33. The van der Waals surface area contributed by atoms with Crippen molar-refractivity contribution in [2.24, 2.45) is 0 Å². The van der Waals surface area contributed by atoms with Gasteiger partial charge in [-0.15, -0.1) is 0 Å². The number of aromatic hydroxyl groups is 1. The number of rotatable bonds is 0. The van der Waals surface area contributed by atoms with Crippen LogP contribution in [-0.2, 0) is 12.8 Å². The summed E-state index contributed by atoms with van der Waals surface area (Å²) in [6, 6.07) is 10.0. The van der Waals surface area contributed by atoms with E-state index in [0.717, 1.165) is 12.8 Å². The van der Waals surface area contributed by atoms with Crippen molar-refractivity contribution < 1.29 is 5.11 Å². The van der Waals surface area contributed by atoms with Crippen LogP contribution in [0.3, 0.4) is 0 Å². The second kappa shape index (κ2) is 2.25. The molecule has 0 radical (unpaired) electrons. The minimum atomic E-state index is 0.390. The largest absolute Gasteiger partial charge is 0.508 e. The normalized spacial score (nSPS) is 13.8. The monoisotopic (exact) mass is 170 g/mol. The maximum atomic E-state index is 9.47. The van der Waals surface area contributed by atoms with Gasteiger partial charge in [0.25, 0.3) is 0 Å². The molecule has 0 fully saturated rings. The molecule has 1 aliphatic rings. The van der Waals surface area contributed by atoms with E-state index in [4.69, 9.17) is 0 Å². The van der Waals surface area contributed by atoms with Crippen molar-refractivity contribution >= 4 is 10.8 Å². The van der Waals surface area contributed by atoms with Crippen molar-refractivity contribution in [2.75, 3.05) is 0 Å². The quantitative estimate of drug-likeness (QED) is 0.644. The first-order valence-corrected chi connectivity index (χ1v) is 4.58. The van der Waals surface area contributed by atoms with Crippen LogP contribution in [0.1, 0.15) is 11.1 Å². The Kier molecular flexibility index (Phi) is 1.21. The van der Waals surface area contributed by atoms with E-state index in [0.29, 0.717) is 5.75 Å². The fraction of sp³-hybridized carbons (Fsp3) is 0.167. The van der Waals surface area contributed by atoms with Crippen molar-refractivity contribution in [2.45, 2.75) is 12.8 Å². The Hall–Kier alpha value is -1.50. The van der Waals surface area contributed by atoms with E-state index in [2.05, 4.69) is 18.2 Å². The first-order valence-electron chi connectivity index (χ1n) is 4.58. The maximum absolute atomic E-state index is 9.47. The molecular weight excluding hydrogens is 160 g/mol. The van der Waals surface area contributed by atoms with Gasteiger partial charge in [0, 0.05) is 0 Å². The van der Waals surface area contributed by atoms with Gasteiger partial charge in [0.05, 0.1) is 0 Å². The Labute approximate surface area is 76.6 Å². The highest BCUT2D eigenvalue weighted by atomic mass is 16.3. The van der Waals surface area contributed by atoms with Crippen LogP contribution in [0.5, 0.6) is 5.75 Å². The topological polar surface area (TPSA) is 20.2 Å². The average molecular weight is 170 g/mol. The molecule has 0 bridgehead atoms. The Bertz CT molecular complexity index is 486. The molecule has 0 unspecified atom stereocenters. The molecule has 1 heteroatoms. The number of phenols is 1. The van der Waals surface area contributed by atoms with Crippen molar-refractivity contribution in [1.29, 1.82) is 0 Å². The molecule has 0 atom stereocenters. The summed E-state index contributed by atoms with van der Waals surface area (Å²) in [5.41, 5.74) is 2.72. The Balaban J connectivity index is 2.54. The Morgan fingerprint density at radius 3 is 2.77 bits per heavy atom. The second-order valence-corrected chi connectivity index (χ2v) is 3.62. The molecule has 2 aromatic rings. The van der Waals surface area contributed by atoms with Crippen LogP contribution in [0, 0.1) is 0 Å². The van der Waals surface area contributed by atoms with Crippen molar-refractivity contribution in [1.82, 2.24) is 0 Å². The molecule has 0 saturated carbocycles. The van der Waals surface area contributed by atoms with Crippen LogP contribution >= 0.6 is 0 Å². The lowest BCUT2D eigenvalue weighted by molar-refractivity contribution is 0.475. The molecule has 0 saturated heterocycles. The number of hydrogen-bond acceptors (Lipinski definition) is 1. The third kappa shape index (κ3) is 0.872. The van der Waals surface area contributed by atoms with Crippen molar-refractivity contribution in [3.05, 3.63) is 41.5 Å². The summed E-state index contributed by atoms with van der Waals surface area (Å²) in [6.07, 6.45) is 2.19. The predicted octanol–water partition coefficient (Wildman–Crippen LogP) is 2.64. The van der Waals surface area contributed by atoms with Gasteiger partial charge in [-0.1, -0.05) is 18.2 Å². The molecule has 3 rings (SSSR count). The lowest BCUT2D eigenvalue weighted by Crippen LogP contribution is -1.78. The van der Waals surface area contributed by atoms with Crippen LogP contribution in [0.25, 0.3) is 10.8 Å². The summed E-state index contributed by atoms with van der Waals surface area (Å²) in [5.74, 6) is 0.390. The van der Waals surface area contributed by atoms with Gasteiger partial charge in [-0.05, 0) is 46.9 Å². The predicted molar refractivity (Wildman–Crippen MR) is 53.0 cm³/mol. The summed E-state index contributed by atoms with van der Waals surface area (Å²) < 4.78 is 0. The summed E-state index contributed by atoms with van der Waals surface area (Å²) in [5, 5.41) is 12.0. The van der Waals surface area contributed by atoms with E-state index >= 15 is 0 Å². The van der Waals surface area contributed by atoms with Gasteiger partial charge in [0.15, 0.2) is 0 Å². The minimum Gasteiger partial charge on any atom is -0.508 e. The van der Waals surface area contributed by atoms with E-state index in [9.17, 15) is 5.11 Å². The Morgan fingerprint density at radius 1 is 1.00 bits per heavy atom. The zero-order valence-electron chi connectivity index (χ0n) is 7.25. The van der Waals surface area contributed by atoms with Crippen molar-refractivity contribution in [3.63, 3.8) is 0 Å². The van der Waals surface area contributed by atoms with Gasteiger partial charge in [0.2, 0.25) is 0 Å². The fourth-order valence-corrected chi connectivity index (χ4v) is 2.26. The van der Waals surface area contributed by atoms with E-state index in [1.54, 1.807) is 0 Å². The van der Waals surface area contributed by atoms with E-state index in [-0.39, 0.29) is 0 Å². The van der Waals surface area contributed by atoms with Crippen LogP contribution in [0.4, 0.5) is 0 Å². The zero-order chi connectivity index (χ0) is 8.84. The lowest BCUT2D eigenvalue weighted by Gasteiger charge is -2.01. The molecule has 0 aliphatic heterocycles. The number of benzene rings is 2. The van der Waals surface area contributed by atoms with Gasteiger partial charge in [-0.25, -0.2) is 0 Å². The van der Waals surface area contributed by atoms with Gasteiger partial charge < -0.3 is 5.11 Å². The molecule has 13 heavy (non-hydrogen) atoms. The highest BCUT2D eigenvalue weighted by molar-refractivity contribution is 5.91. The van der Waals surface area contributed by atoms with Gasteiger partial charge >= 0.3 is 0 Å². The van der Waals surface area contributed by atoms with Gasteiger partial charge in [-0.3, -0.25) is 0 Å². The number of aryl methyl sites for hydroxylation is 2. The second-order valence-electron chi connectivity index (χ2n) is 3.62. The van der Waals surface area contributed by atoms with E-state index in [1.807, 2.05) is 12.1 Å². The first-order chi connectivity index (χ1) is 6.34. The number of hydrogen-bond donors (Lipinski definition) is 1. The molecular formula is C12H10O. The third-order valence-electron chi connectivity index (χ3n) is 2.79.